The predicted molar refractivity (Wildman–Crippen MR) is 51.3 cm³/mol. The lowest BCUT2D eigenvalue weighted by molar-refractivity contribution is 0.381. The van der Waals surface area contributed by atoms with Crippen LogP contribution in [-0.4, -0.2) is 12.1 Å². The second-order valence-corrected chi connectivity index (χ2v) is 4.35. The van der Waals surface area contributed by atoms with Gasteiger partial charge in [0.25, 0.3) is 0 Å². The molecule has 0 aromatic rings. The predicted octanol–water partition coefficient (Wildman–Crippen LogP) is 0.602. The molecule has 0 bridgehead atoms. The highest BCUT2D eigenvalue weighted by Crippen LogP contribution is 2.26. The van der Waals surface area contributed by atoms with Gasteiger partial charge in [-0.1, -0.05) is 13.8 Å². The molecule has 0 saturated heterocycles. The molecule has 0 spiro atoms. The first kappa shape index (κ1) is 9.96. The Labute approximate surface area is 74.9 Å². The van der Waals surface area contributed by atoms with Gasteiger partial charge in [-0.05, 0) is 31.1 Å². The van der Waals surface area contributed by atoms with Gasteiger partial charge >= 0.3 is 0 Å². The van der Waals surface area contributed by atoms with Crippen molar-refractivity contribution >= 4 is 0 Å². The summed E-state index contributed by atoms with van der Waals surface area (Å²) in [5.41, 5.74) is 8.82. The minimum absolute atomic E-state index is 0.231. The smallest absolute Gasteiger partial charge is 0.0364 e. The van der Waals surface area contributed by atoms with E-state index in [0.717, 1.165) is 24.7 Å². The molecule has 1 aliphatic rings. The Hall–Kier alpha value is -0.120. The van der Waals surface area contributed by atoms with E-state index in [1.54, 1.807) is 0 Å². The second kappa shape index (κ2) is 4.21. The van der Waals surface area contributed by atoms with E-state index in [4.69, 9.17) is 11.6 Å². The third kappa shape index (κ3) is 2.44. The van der Waals surface area contributed by atoms with E-state index in [-0.39, 0.29) is 6.04 Å². The summed E-state index contributed by atoms with van der Waals surface area (Å²) in [5.74, 6) is 6.93. The molecule has 4 unspecified atom stereocenters. The van der Waals surface area contributed by atoms with Crippen molar-refractivity contribution in [1.29, 1.82) is 0 Å². The fourth-order valence-electron chi connectivity index (χ4n) is 2.31. The van der Waals surface area contributed by atoms with E-state index in [2.05, 4.69) is 19.3 Å². The van der Waals surface area contributed by atoms with Crippen molar-refractivity contribution in [3.63, 3.8) is 0 Å². The van der Waals surface area contributed by atoms with Gasteiger partial charge in [0, 0.05) is 12.1 Å². The molecule has 0 heterocycles. The third-order valence-corrected chi connectivity index (χ3v) is 2.87. The fourth-order valence-corrected chi connectivity index (χ4v) is 2.31. The zero-order valence-corrected chi connectivity index (χ0v) is 8.09. The zero-order chi connectivity index (χ0) is 9.14. The minimum Gasteiger partial charge on any atom is -0.326 e. The molecular weight excluding hydrogens is 150 g/mol. The third-order valence-electron chi connectivity index (χ3n) is 2.87. The van der Waals surface area contributed by atoms with Gasteiger partial charge in [-0.25, -0.2) is 0 Å². The van der Waals surface area contributed by atoms with Crippen LogP contribution in [0.15, 0.2) is 0 Å². The van der Waals surface area contributed by atoms with Crippen molar-refractivity contribution in [3.05, 3.63) is 0 Å². The Morgan fingerprint density at radius 1 is 1.08 bits per heavy atom. The molecule has 0 aliphatic heterocycles. The van der Waals surface area contributed by atoms with Crippen molar-refractivity contribution in [2.24, 2.45) is 23.4 Å². The van der Waals surface area contributed by atoms with Crippen LogP contribution in [0.2, 0.25) is 0 Å². The molecular formula is C9H21N3. The average molecular weight is 171 g/mol. The number of hydrogen-bond acceptors (Lipinski definition) is 3. The molecule has 0 aromatic carbocycles. The highest BCUT2D eigenvalue weighted by molar-refractivity contribution is 4.84. The largest absolute Gasteiger partial charge is 0.326 e. The van der Waals surface area contributed by atoms with Crippen LogP contribution in [0.5, 0.6) is 0 Å². The molecule has 3 heteroatoms. The summed E-state index contributed by atoms with van der Waals surface area (Å²) in [6.07, 6.45) is 3.49. The molecule has 12 heavy (non-hydrogen) atoms. The summed E-state index contributed by atoms with van der Waals surface area (Å²) >= 11 is 0. The molecule has 1 saturated carbocycles. The molecule has 3 nitrogen and oxygen atoms in total. The van der Waals surface area contributed by atoms with Crippen LogP contribution in [0.3, 0.4) is 0 Å². The molecule has 5 N–H and O–H groups in total. The first-order chi connectivity index (χ1) is 5.63. The Morgan fingerprint density at radius 2 is 1.67 bits per heavy atom. The number of nitrogens with one attached hydrogen (secondary N) is 1. The number of nitrogens with two attached hydrogens (primary N) is 2. The number of rotatable bonds is 1. The van der Waals surface area contributed by atoms with Gasteiger partial charge < -0.3 is 5.73 Å². The van der Waals surface area contributed by atoms with Crippen LogP contribution in [0.25, 0.3) is 0 Å². The van der Waals surface area contributed by atoms with E-state index >= 15 is 0 Å². The monoisotopic (exact) mass is 171 g/mol. The summed E-state index contributed by atoms with van der Waals surface area (Å²) in [6, 6.07) is 0.542. The van der Waals surface area contributed by atoms with E-state index in [1.165, 1.54) is 6.42 Å². The highest BCUT2D eigenvalue weighted by Gasteiger charge is 2.26. The SMILES string of the molecule is CC1CC(C)CC(NN)C(N)C1. The highest BCUT2D eigenvalue weighted by atomic mass is 15.2. The first-order valence-electron chi connectivity index (χ1n) is 4.85. The van der Waals surface area contributed by atoms with Crippen molar-refractivity contribution < 1.29 is 0 Å². The average Bonchev–Trinajstić information content (AvgIpc) is 2.09. The molecule has 0 aromatic heterocycles. The van der Waals surface area contributed by atoms with Crippen LogP contribution in [0.1, 0.15) is 33.1 Å². The maximum atomic E-state index is 6.00. The van der Waals surface area contributed by atoms with E-state index in [0.29, 0.717) is 6.04 Å². The van der Waals surface area contributed by atoms with Crippen LogP contribution in [0.4, 0.5) is 0 Å². The molecule has 1 rings (SSSR count). The van der Waals surface area contributed by atoms with E-state index in [9.17, 15) is 0 Å². The summed E-state index contributed by atoms with van der Waals surface area (Å²) < 4.78 is 0. The van der Waals surface area contributed by atoms with E-state index < -0.39 is 0 Å². The Bertz CT molecular complexity index is 138. The fraction of sp³-hybridized carbons (Fsp3) is 1.00. The lowest BCUT2D eigenvalue weighted by Crippen LogP contribution is -2.48. The molecule has 0 amide bonds. The van der Waals surface area contributed by atoms with Gasteiger partial charge in [0.2, 0.25) is 0 Å². The lowest BCUT2D eigenvalue weighted by atomic mass is 9.96. The van der Waals surface area contributed by atoms with Gasteiger partial charge in [0.05, 0.1) is 0 Å². The van der Waals surface area contributed by atoms with E-state index in [1.807, 2.05) is 0 Å². The molecule has 1 fully saturated rings. The minimum atomic E-state index is 0.231. The summed E-state index contributed by atoms with van der Waals surface area (Å²) in [5, 5.41) is 0. The van der Waals surface area contributed by atoms with Crippen LogP contribution >= 0.6 is 0 Å². The summed E-state index contributed by atoms with van der Waals surface area (Å²) in [4.78, 5) is 0. The van der Waals surface area contributed by atoms with Crippen LogP contribution in [-0.2, 0) is 0 Å². The molecule has 72 valence electrons. The van der Waals surface area contributed by atoms with Gasteiger partial charge in [-0.2, -0.15) is 0 Å². The molecule has 0 radical (unpaired) electrons. The van der Waals surface area contributed by atoms with Crippen molar-refractivity contribution in [2.45, 2.75) is 45.2 Å². The van der Waals surface area contributed by atoms with Gasteiger partial charge in [0.15, 0.2) is 0 Å². The van der Waals surface area contributed by atoms with Crippen molar-refractivity contribution in [2.75, 3.05) is 0 Å². The second-order valence-electron chi connectivity index (χ2n) is 4.35. The van der Waals surface area contributed by atoms with Crippen molar-refractivity contribution in [1.82, 2.24) is 5.43 Å². The zero-order valence-electron chi connectivity index (χ0n) is 8.09. The molecule has 4 atom stereocenters. The molecule has 1 aliphatic carbocycles. The lowest BCUT2D eigenvalue weighted by Gasteiger charge is -2.21. The maximum Gasteiger partial charge on any atom is 0.0364 e. The standard InChI is InChI=1S/C9H21N3/c1-6-3-7(2)5-9(12-11)8(10)4-6/h6-9,12H,3-5,10-11H2,1-2H3. The number of hydrogen-bond donors (Lipinski definition) is 3. The summed E-state index contributed by atoms with van der Waals surface area (Å²) in [7, 11) is 0. The van der Waals surface area contributed by atoms with Gasteiger partial charge in [0.1, 0.15) is 0 Å². The normalized spacial score (nSPS) is 44.0. The Kier molecular flexibility index (Phi) is 3.50. The summed E-state index contributed by atoms with van der Waals surface area (Å²) in [6.45, 7) is 4.55. The Morgan fingerprint density at radius 3 is 2.25 bits per heavy atom. The topological polar surface area (TPSA) is 64.1 Å². The van der Waals surface area contributed by atoms with Gasteiger partial charge in [-0.15, -0.1) is 0 Å². The quantitative estimate of drug-likeness (QED) is 0.307. The number of hydrazine groups is 1. The Balaban J connectivity index is 2.54. The first-order valence-corrected chi connectivity index (χ1v) is 4.85. The van der Waals surface area contributed by atoms with Crippen LogP contribution in [0, 0.1) is 11.8 Å². The van der Waals surface area contributed by atoms with Crippen molar-refractivity contribution in [3.8, 4) is 0 Å². The maximum absolute atomic E-state index is 6.00. The van der Waals surface area contributed by atoms with Gasteiger partial charge in [-0.3, -0.25) is 11.3 Å². The van der Waals surface area contributed by atoms with Crippen LogP contribution < -0.4 is 17.0 Å².